The van der Waals surface area contributed by atoms with Crippen molar-refractivity contribution in [1.82, 2.24) is 20.4 Å². The summed E-state index contributed by atoms with van der Waals surface area (Å²) in [6.45, 7) is 5.23. The van der Waals surface area contributed by atoms with Gasteiger partial charge in [-0.2, -0.15) is 0 Å². The first-order valence-corrected chi connectivity index (χ1v) is 16.4. The highest BCUT2D eigenvalue weighted by Crippen LogP contribution is 2.37. The summed E-state index contributed by atoms with van der Waals surface area (Å²) in [5.74, 6) is 0.575. The zero-order valence-electron chi connectivity index (χ0n) is 26.3. The van der Waals surface area contributed by atoms with Crippen molar-refractivity contribution in [3.05, 3.63) is 65.2 Å². The van der Waals surface area contributed by atoms with E-state index < -0.39 is 17.2 Å². The molecule has 3 N–H and O–H groups in total. The Balaban J connectivity index is 1.19. The summed E-state index contributed by atoms with van der Waals surface area (Å²) >= 11 is 0. The molecule has 1 aliphatic carbocycles. The van der Waals surface area contributed by atoms with Crippen LogP contribution < -0.4 is 15.4 Å². The molecule has 3 fully saturated rings. The maximum absolute atomic E-state index is 13.9. The normalized spacial score (nSPS) is 21.6. The van der Waals surface area contributed by atoms with Crippen molar-refractivity contribution in [3.8, 4) is 5.75 Å². The molecular weight excluding hydrogens is 556 g/mol. The van der Waals surface area contributed by atoms with Gasteiger partial charge in [-0.1, -0.05) is 56.9 Å². The molecule has 2 aliphatic heterocycles. The lowest BCUT2D eigenvalue weighted by atomic mass is 9.77. The van der Waals surface area contributed by atoms with Crippen molar-refractivity contribution >= 4 is 17.7 Å². The molecule has 3 amide bonds. The predicted molar refractivity (Wildman–Crippen MR) is 169 cm³/mol. The van der Waals surface area contributed by atoms with E-state index in [1.807, 2.05) is 35.2 Å². The monoisotopic (exact) mass is 604 g/mol. The van der Waals surface area contributed by atoms with Gasteiger partial charge in [-0.3, -0.25) is 19.3 Å². The third-order valence-corrected chi connectivity index (χ3v) is 9.75. The van der Waals surface area contributed by atoms with Crippen LogP contribution >= 0.6 is 0 Å². The predicted octanol–water partition coefficient (Wildman–Crippen LogP) is 4.17. The van der Waals surface area contributed by atoms with Crippen LogP contribution in [0.4, 0.5) is 0 Å². The number of carbonyl (C=O) groups excluding carboxylic acids is 3. The molecule has 1 spiro atoms. The highest BCUT2D eigenvalue weighted by molar-refractivity contribution is 6.00. The van der Waals surface area contributed by atoms with Crippen LogP contribution in [0, 0.1) is 0 Å². The van der Waals surface area contributed by atoms with Crippen LogP contribution in [-0.2, 0) is 22.7 Å². The van der Waals surface area contributed by atoms with Crippen LogP contribution in [0.5, 0.6) is 5.75 Å². The SMILES string of the molecule is CCCCN1C(=O)[C@@H](CC2(O)CCCCC2)NC(=O)C12CCN(Cc1cccc(OCc3ccc(C(=O)NC)cc3)c1)CC2. The minimum atomic E-state index is -0.869. The number of amides is 3. The molecule has 9 heteroatoms. The Kier molecular flexibility index (Phi) is 10.3. The second kappa shape index (κ2) is 14.1. The Labute approximate surface area is 261 Å². The molecule has 2 heterocycles. The van der Waals surface area contributed by atoms with E-state index in [1.165, 1.54) is 0 Å². The van der Waals surface area contributed by atoms with Gasteiger partial charge in [-0.25, -0.2) is 0 Å². The molecule has 238 valence electrons. The lowest BCUT2D eigenvalue weighted by molar-refractivity contribution is -0.163. The van der Waals surface area contributed by atoms with Gasteiger partial charge >= 0.3 is 0 Å². The lowest BCUT2D eigenvalue weighted by Crippen LogP contribution is -2.73. The number of hydrogen-bond donors (Lipinski definition) is 3. The third-order valence-electron chi connectivity index (χ3n) is 9.75. The van der Waals surface area contributed by atoms with Crippen LogP contribution in [0.25, 0.3) is 0 Å². The zero-order chi connectivity index (χ0) is 31.2. The number of piperidine rings is 1. The number of carbonyl (C=O) groups is 3. The Hall–Kier alpha value is -3.43. The number of aliphatic hydroxyl groups is 1. The van der Waals surface area contributed by atoms with Gasteiger partial charge in [-0.05, 0) is 67.5 Å². The summed E-state index contributed by atoms with van der Waals surface area (Å²) in [5.41, 5.74) is 1.02. The van der Waals surface area contributed by atoms with Gasteiger partial charge in [0.15, 0.2) is 0 Å². The first-order chi connectivity index (χ1) is 21.2. The molecule has 9 nitrogen and oxygen atoms in total. The van der Waals surface area contributed by atoms with E-state index in [-0.39, 0.29) is 17.7 Å². The van der Waals surface area contributed by atoms with Gasteiger partial charge in [0.05, 0.1) is 5.60 Å². The van der Waals surface area contributed by atoms with E-state index >= 15 is 0 Å². The Morgan fingerprint density at radius 3 is 2.43 bits per heavy atom. The van der Waals surface area contributed by atoms with Crippen molar-refractivity contribution in [2.24, 2.45) is 0 Å². The molecule has 2 aromatic rings. The summed E-state index contributed by atoms with van der Waals surface area (Å²) in [6.07, 6.45) is 7.72. The smallest absolute Gasteiger partial charge is 0.251 e. The van der Waals surface area contributed by atoms with Crippen molar-refractivity contribution < 1.29 is 24.2 Å². The van der Waals surface area contributed by atoms with E-state index in [4.69, 9.17) is 4.74 Å². The number of unbranched alkanes of at least 4 members (excludes halogenated alkanes) is 1. The van der Waals surface area contributed by atoms with Gasteiger partial charge < -0.3 is 25.4 Å². The van der Waals surface area contributed by atoms with Gasteiger partial charge in [0, 0.05) is 45.2 Å². The number of hydrogen-bond acceptors (Lipinski definition) is 6. The topological polar surface area (TPSA) is 111 Å². The molecule has 2 saturated heterocycles. The molecule has 44 heavy (non-hydrogen) atoms. The third kappa shape index (κ3) is 7.26. The summed E-state index contributed by atoms with van der Waals surface area (Å²) in [6, 6.07) is 14.8. The van der Waals surface area contributed by atoms with Crippen LogP contribution in [0.1, 0.15) is 92.6 Å². The molecule has 0 unspecified atom stereocenters. The molecule has 3 aliphatic rings. The molecule has 5 rings (SSSR count). The maximum Gasteiger partial charge on any atom is 0.251 e. The van der Waals surface area contributed by atoms with Crippen molar-refractivity contribution in [3.63, 3.8) is 0 Å². The van der Waals surface area contributed by atoms with Crippen molar-refractivity contribution in [1.29, 1.82) is 0 Å². The number of nitrogens with zero attached hydrogens (tertiary/aromatic N) is 2. The fourth-order valence-electron chi connectivity index (χ4n) is 7.08. The second-order valence-corrected chi connectivity index (χ2v) is 12.9. The molecule has 2 aromatic carbocycles. The number of piperazine rings is 1. The van der Waals surface area contributed by atoms with Gasteiger partial charge in [0.2, 0.25) is 11.8 Å². The van der Waals surface area contributed by atoms with E-state index in [1.54, 1.807) is 19.2 Å². The molecule has 1 saturated carbocycles. The lowest BCUT2D eigenvalue weighted by Gasteiger charge is -2.52. The first kappa shape index (κ1) is 32.0. The fourth-order valence-corrected chi connectivity index (χ4v) is 7.08. The maximum atomic E-state index is 13.9. The van der Waals surface area contributed by atoms with Crippen LogP contribution in [0.3, 0.4) is 0 Å². The summed E-state index contributed by atoms with van der Waals surface area (Å²) in [4.78, 5) is 43.6. The van der Waals surface area contributed by atoms with E-state index in [0.717, 1.165) is 55.5 Å². The van der Waals surface area contributed by atoms with Gasteiger partial charge in [0.25, 0.3) is 5.91 Å². The Bertz CT molecular complexity index is 1300. The number of likely N-dealkylation sites (tertiary alicyclic amines) is 1. The molecule has 0 radical (unpaired) electrons. The Morgan fingerprint density at radius 2 is 1.75 bits per heavy atom. The number of benzene rings is 2. The second-order valence-electron chi connectivity index (χ2n) is 12.9. The van der Waals surface area contributed by atoms with E-state index in [9.17, 15) is 19.5 Å². The van der Waals surface area contributed by atoms with Crippen LogP contribution in [-0.4, -0.2) is 76.5 Å². The van der Waals surface area contributed by atoms with Crippen LogP contribution in [0.15, 0.2) is 48.5 Å². The zero-order valence-corrected chi connectivity index (χ0v) is 26.3. The minimum Gasteiger partial charge on any atom is -0.489 e. The Morgan fingerprint density at radius 1 is 1.02 bits per heavy atom. The van der Waals surface area contributed by atoms with Gasteiger partial charge in [0.1, 0.15) is 23.9 Å². The average molecular weight is 605 g/mol. The molecule has 0 bridgehead atoms. The molecular formula is C35H48N4O5. The number of ether oxygens (including phenoxy) is 1. The minimum absolute atomic E-state index is 0.0291. The van der Waals surface area contributed by atoms with Crippen molar-refractivity contribution in [2.45, 2.75) is 101 Å². The number of nitrogens with one attached hydrogen (secondary N) is 2. The molecule has 1 atom stereocenters. The van der Waals surface area contributed by atoms with Gasteiger partial charge in [-0.15, -0.1) is 0 Å². The fraction of sp³-hybridized carbons (Fsp3) is 0.571. The summed E-state index contributed by atoms with van der Waals surface area (Å²) in [5, 5.41) is 16.9. The average Bonchev–Trinajstić information content (AvgIpc) is 3.04. The van der Waals surface area contributed by atoms with E-state index in [0.29, 0.717) is 63.9 Å². The first-order valence-electron chi connectivity index (χ1n) is 16.4. The number of rotatable bonds is 11. The van der Waals surface area contributed by atoms with Crippen LogP contribution in [0.2, 0.25) is 0 Å². The summed E-state index contributed by atoms with van der Waals surface area (Å²) < 4.78 is 6.05. The highest BCUT2D eigenvalue weighted by Gasteiger charge is 2.54. The van der Waals surface area contributed by atoms with E-state index in [2.05, 4.69) is 28.5 Å². The quantitative estimate of drug-likeness (QED) is 0.355. The summed E-state index contributed by atoms with van der Waals surface area (Å²) in [7, 11) is 1.62. The molecule has 0 aromatic heterocycles. The standard InChI is InChI=1S/C35H48N4O5/c1-3-4-19-39-32(41)30(23-34(43)15-6-5-7-16-34)37-33(42)35(39)17-20-38(21-18-35)24-27-9-8-10-29(22-27)44-25-26-11-13-28(14-12-26)31(40)36-2/h8-14,22,30,43H,3-7,15-21,23-25H2,1-2H3,(H,36,40)(H,37,42)/t30-/m1/s1. The van der Waals surface area contributed by atoms with Crippen molar-refractivity contribution in [2.75, 3.05) is 26.7 Å². The largest absolute Gasteiger partial charge is 0.489 e. The highest BCUT2D eigenvalue weighted by atomic mass is 16.5.